The van der Waals surface area contributed by atoms with Gasteiger partial charge in [-0.25, -0.2) is 4.79 Å². The molecule has 0 unspecified atom stereocenters. The zero-order chi connectivity index (χ0) is 21.1. The summed E-state index contributed by atoms with van der Waals surface area (Å²) in [6.07, 6.45) is 1.64. The summed E-state index contributed by atoms with van der Waals surface area (Å²) in [4.78, 5) is 29.0. The van der Waals surface area contributed by atoms with Gasteiger partial charge in [-0.3, -0.25) is 0 Å². The number of benzene rings is 1. The Kier molecular flexibility index (Phi) is 9.64. The van der Waals surface area contributed by atoms with E-state index in [1.807, 2.05) is 52.1 Å². The Morgan fingerprint density at radius 3 is 2.14 bits per heavy atom. The maximum Gasteiger partial charge on any atom is 0.410 e. The van der Waals surface area contributed by atoms with Gasteiger partial charge in [-0.1, -0.05) is 13.0 Å². The number of rotatable bonds is 4. The van der Waals surface area contributed by atoms with E-state index in [0.717, 1.165) is 10.6 Å². The first-order chi connectivity index (χ1) is 13.0. The molecule has 1 saturated heterocycles. The number of hydrogen-bond acceptors (Lipinski definition) is 5. The van der Waals surface area contributed by atoms with Gasteiger partial charge >= 0.3 is 6.09 Å². The molecule has 1 amide bonds. The minimum atomic E-state index is -0.509. The zero-order valence-corrected chi connectivity index (χ0v) is 21.7. The molecule has 1 aromatic rings. The van der Waals surface area contributed by atoms with Gasteiger partial charge in [0.05, 0.1) is 0 Å². The number of ketones is 1. The monoisotopic (exact) mass is 491 g/mol. The predicted molar refractivity (Wildman–Crippen MR) is 115 cm³/mol. The minimum Gasteiger partial charge on any atom is -0.444 e. The molecule has 0 aromatic heterocycles. The van der Waals surface area contributed by atoms with Gasteiger partial charge in [-0.15, -0.1) is 22.8 Å². The van der Waals surface area contributed by atoms with Crippen LogP contribution >= 0.6 is 11.8 Å². The minimum absolute atomic E-state index is 0. The molecule has 1 aliphatic heterocycles. The molecule has 5 nitrogen and oxygen atoms in total. The SMILES string of the molecule is [CH2-]/C(C(=O)c1ccc(C)cc1[CH2-])=C(/SC)N1CCN(C(=O)OC(C)(C)C)CC1.[Y]. The van der Waals surface area contributed by atoms with Crippen molar-refractivity contribution in [3.8, 4) is 0 Å². The van der Waals surface area contributed by atoms with E-state index in [1.165, 1.54) is 11.8 Å². The summed E-state index contributed by atoms with van der Waals surface area (Å²) in [5, 5.41) is 0.841. The largest absolute Gasteiger partial charge is 0.444 e. The van der Waals surface area contributed by atoms with Gasteiger partial charge in [0.2, 0.25) is 0 Å². The van der Waals surface area contributed by atoms with Crippen LogP contribution in [0.2, 0.25) is 0 Å². The number of hydrogen-bond donors (Lipinski definition) is 0. The van der Waals surface area contributed by atoms with E-state index in [9.17, 15) is 9.59 Å². The Hall–Kier alpha value is -1.11. The topological polar surface area (TPSA) is 49.9 Å². The van der Waals surface area contributed by atoms with E-state index in [4.69, 9.17) is 4.74 Å². The molecular weight excluding hydrogens is 461 g/mol. The quantitative estimate of drug-likeness (QED) is 0.357. The molecule has 1 heterocycles. The number of carbonyl (C=O) groups excluding carboxylic acids is 2. The third-order valence-corrected chi connectivity index (χ3v) is 5.34. The molecule has 2 rings (SSSR count). The van der Waals surface area contributed by atoms with Gasteiger partial charge < -0.3 is 19.3 Å². The summed E-state index contributed by atoms with van der Waals surface area (Å²) in [6.45, 7) is 18.0. The number of thioether (sulfide) groups is 1. The van der Waals surface area contributed by atoms with Crippen LogP contribution < -0.4 is 0 Å². The number of nitrogens with zero attached hydrogens (tertiary/aromatic N) is 2. The zero-order valence-electron chi connectivity index (χ0n) is 18.1. The molecule has 1 aliphatic rings. The van der Waals surface area contributed by atoms with Crippen LogP contribution in [0.3, 0.4) is 0 Å². The number of Topliss-reactive ketones (excluding diaryl/α,β-unsaturated/α-hetero) is 1. The second kappa shape index (κ2) is 10.8. The Morgan fingerprint density at radius 1 is 1.10 bits per heavy atom. The first kappa shape index (κ1) is 25.9. The Labute approximate surface area is 204 Å². The Morgan fingerprint density at radius 2 is 1.66 bits per heavy atom. The van der Waals surface area contributed by atoms with E-state index >= 15 is 0 Å². The van der Waals surface area contributed by atoms with Crippen LogP contribution in [-0.4, -0.2) is 59.7 Å². The number of ether oxygens (including phenoxy) is 1. The molecule has 0 bridgehead atoms. The first-order valence-corrected chi connectivity index (χ1v) is 10.6. The Balaban J connectivity index is 0.00000420. The Bertz CT molecular complexity index is 779. The molecule has 0 spiro atoms. The molecule has 1 radical (unpaired) electrons. The van der Waals surface area contributed by atoms with Crippen molar-refractivity contribution in [1.82, 2.24) is 9.80 Å². The molecule has 29 heavy (non-hydrogen) atoms. The van der Waals surface area contributed by atoms with Crippen molar-refractivity contribution in [1.29, 1.82) is 0 Å². The van der Waals surface area contributed by atoms with Gasteiger partial charge in [-0.2, -0.15) is 37.2 Å². The van der Waals surface area contributed by atoms with E-state index in [0.29, 0.717) is 42.9 Å². The van der Waals surface area contributed by atoms with Crippen molar-refractivity contribution in [2.45, 2.75) is 33.3 Å². The maximum atomic E-state index is 13.0. The summed E-state index contributed by atoms with van der Waals surface area (Å²) in [6, 6.07) is 5.62. The summed E-state index contributed by atoms with van der Waals surface area (Å²) < 4.78 is 5.44. The normalized spacial score (nSPS) is 15.3. The number of amides is 1. The number of aryl methyl sites for hydroxylation is 1. The molecular formula is C22H30N2O3SY-2. The van der Waals surface area contributed by atoms with E-state index in [1.54, 1.807) is 4.90 Å². The van der Waals surface area contributed by atoms with Crippen LogP contribution in [0.1, 0.15) is 42.3 Å². The molecule has 1 fully saturated rings. The van der Waals surface area contributed by atoms with Crippen LogP contribution in [0.4, 0.5) is 4.79 Å². The molecule has 0 aliphatic carbocycles. The summed E-state index contributed by atoms with van der Waals surface area (Å²) >= 11 is 1.50. The predicted octanol–water partition coefficient (Wildman–Crippen LogP) is 4.32. The standard InChI is InChI=1S/C22H30N2O3S.Y/c1-15-8-9-18(16(2)14-15)19(25)17(3)20(28-7)23-10-12-24(13-11-23)21(26)27-22(4,5)6;/h8-9,14H,2-3,10-13H2,1,4-7H3;/q-2;/b20-17-;. The summed E-state index contributed by atoms with van der Waals surface area (Å²) in [5.41, 5.74) is 2.31. The van der Waals surface area contributed by atoms with Crippen LogP contribution in [0, 0.1) is 20.8 Å². The van der Waals surface area contributed by atoms with Crippen LogP contribution in [0.25, 0.3) is 0 Å². The molecule has 7 heteroatoms. The number of allylic oxidation sites excluding steroid dienone is 1. The average Bonchev–Trinajstić information content (AvgIpc) is 2.61. The second-order valence-electron chi connectivity index (χ2n) is 7.93. The maximum absolute atomic E-state index is 13.0. The van der Waals surface area contributed by atoms with Gasteiger partial charge in [0.25, 0.3) is 0 Å². The van der Waals surface area contributed by atoms with Gasteiger partial charge in [-0.05, 0) is 32.1 Å². The number of carbonyl (C=O) groups is 2. The van der Waals surface area contributed by atoms with E-state index < -0.39 is 5.60 Å². The van der Waals surface area contributed by atoms with Crippen molar-refractivity contribution in [3.63, 3.8) is 0 Å². The van der Waals surface area contributed by atoms with Crippen LogP contribution in [0.15, 0.2) is 28.8 Å². The van der Waals surface area contributed by atoms with Crippen molar-refractivity contribution >= 4 is 23.6 Å². The van der Waals surface area contributed by atoms with E-state index in [2.05, 4.69) is 18.7 Å². The second-order valence-corrected chi connectivity index (χ2v) is 8.73. The van der Waals surface area contributed by atoms with Gasteiger partial charge in [0.1, 0.15) is 5.60 Å². The molecule has 1 aromatic carbocycles. The molecule has 0 atom stereocenters. The van der Waals surface area contributed by atoms with Gasteiger partial charge in [0.15, 0.2) is 0 Å². The fraction of sp³-hybridized carbons (Fsp3) is 0.455. The molecule has 0 saturated carbocycles. The smallest absolute Gasteiger partial charge is 0.410 e. The first-order valence-electron chi connectivity index (χ1n) is 9.34. The van der Waals surface area contributed by atoms with Crippen LogP contribution in [0.5, 0.6) is 0 Å². The third kappa shape index (κ3) is 6.97. The molecule has 0 N–H and O–H groups in total. The van der Waals surface area contributed by atoms with Crippen molar-refractivity contribution < 1.29 is 47.0 Å². The van der Waals surface area contributed by atoms with Crippen molar-refractivity contribution in [3.05, 3.63) is 59.3 Å². The summed E-state index contributed by atoms with van der Waals surface area (Å²) in [7, 11) is 0. The summed E-state index contributed by atoms with van der Waals surface area (Å²) in [5.74, 6) is -0.107. The fourth-order valence-electron chi connectivity index (χ4n) is 3.07. The van der Waals surface area contributed by atoms with E-state index in [-0.39, 0.29) is 44.6 Å². The fourth-order valence-corrected chi connectivity index (χ4v) is 3.85. The van der Waals surface area contributed by atoms with Crippen molar-refractivity contribution in [2.75, 3.05) is 32.4 Å². The number of piperazine rings is 1. The van der Waals surface area contributed by atoms with Gasteiger partial charge in [0, 0.05) is 64.7 Å². The average molecular weight is 491 g/mol. The third-order valence-electron chi connectivity index (χ3n) is 4.45. The molecule has 157 valence electrons. The van der Waals surface area contributed by atoms with Crippen LogP contribution in [-0.2, 0) is 37.4 Å². The van der Waals surface area contributed by atoms with Crippen molar-refractivity contribution in [2.24, 2.45) is 0 Å².